The van der Waals surface area contributed by atoms with Gasteiger partial charge < -0.3 is 4.74 Å². The number of fused-ring (bicyclic) bond motifs is 1. The average Bonchev–Trinajstić information content (AvgIpc) is 2.84. The molecule has 0 amide bonds. The lowest BCUT2D eigenvalue weighted by atomic mass is 10.1. The molecule has 3 rings (SSSR count). The lowest BCUT2D eigenvalue weighted by molar-refractivity contribution is 0.410. The molecule has 0 unspecified atom stereocenters. The summed E-state index contributed by atoms with van der Waals surface area (Å²) in [5, 5.41) is 9.46. The predicted octanol–water partition coefficient (Wildman–Crippen LogP) is 3.11. The van der Waals surface area contributed by atoms with Gasteiger partial charge in [0, 0.05) is 18.2 Å². The molecule has 0 radical (unpaired) electrons. The SMILES string of the molecule is COc1ccccc1Cc1nc2ccc(C)cn2c1C#N. The summed E-state index contributed by atoms with van der Waals surface area (Å²) < 4.78 is 7.21. The standard InChI is InChI=1S/C17H15N3O/c1-12-7-8-17-19-14(15(10-18)20(17)11-12)9-13-5-3-4-6-16(13)21-2/h3-8,11H,9H2,1-2H3. The van der Waals surface area contributed by atoms with Gasteiger partial charge in [-0.2, -0.15) is 5.26 Å². The van der Waals surface area contributed by atoms with Crippen LogP contribution in [0.5, 0.6) is 5.75 Å². The largest absolute Gasteiger partial charge is 0.496 e. The number of hydrogen-bond acceptors (Lipinski definition) is 3. The van der Waals surface area contributed by atoms with E-state index in [1.165, 1.54) is 0 Å². The number of ether oxygens (including phenoxy) is 1. The first-order valence-corrected chi connectivity index (χ1v) is 6.72. The van der Waals surface area contributed by atoms with Crippen LogP contribution in [0.2, 0.25) is 0 Å². The van der Waals surface area contributed by atoms with Gasteiger partial charge in [-0.25, -0.2) is 4.98 Å². The summed E-state index contributed by atoms with van der Waals surface area (Å²) in [6.45, 7) is 2.00. The summed E-state index contributed by atoms with van der Waals surface area (Å²) in [6, 6.07) is 14.0. The van der Waals surface area contributed by atoms with Gasteiger partial charge in [-0.1, -0.05) is 24.3 Å². The Morgan fingerprint density at radius 3 is 2.81 bits per heavy atom. The molecule has 0 aliphatic heterocycles. The van der Waals surface area contributed by atoms with E-state index in [1.54, 1.807) is 7.11 Å². The lowest BCUT2D eigenvalue weighted by Gasteiger charge is -2.06. The number of hydrogen-bond donors (Lipinski definition) is 0. The van der Waals surface area contributed by atoms with Crippen LogP contribution in [0, 0.1) is 18.3 Å². The number of pyridine rings is 1. The van der Waals surface area contributed by atoms with E-state index in [0.29, 0.717) is 12.1 Å². The second-order valence-corrected chi connectivity index (χ2v) is 4.94. The van der Waals surface area contributed by atoms with Crippen LogP contribution >= 0.6 is 0 Å². The van der Waals surface area contributed by atoms with Crippen molar-refractivity contribution in [1.82, 2.24) is 9.38 Å². The average molecular weight is 277 g/mol. The fourth-order valence-corrected chi connectivity index (χ4v) is 2.47. The van der Waals surface area contributed by atoms with Crippen LogP contribution in [0.4, 0.5) is 0 Å². The van der Waals surface area contributed by atoms with E-state index in [-0.39, 0.29) is 0 Å². The van der Waals surface area contributed by atoms with Gasteiger partial charge in [0.25, 0.3) is 0 Å². The van der Waals surface area contributed by atoms with Crippen molar-refractivity contribution in [3.8, 4) is 11.8 Å². The summed E-state index contributed by atoms with van der Waals surface area (Å²) >= 11 is 0. The summed E-state index contributed by atoms with van der Waals surface area (Å²) in [6.07, 6.45) is 2.51. The van der Waals surface area contributed by atoms with Crippen LogP contribution in [0.15, 0.2) is 42.6 Å². The number of imidazole rings is 1. The van der Waals surface area contributed by atoms with Crippen molar-refractivity contribution >= 4 is 5.65 Å². The van der Waals surface area contributed by atoms with Crippen molar-refractivity contribution in [1.29, 1.82) is 5.26 Å². The van der Waals surface area contributed by atoms with E-state index in [4.69, 9.17) is 4.74 Å². The van der Waals surface area contributed by atoms with E-state index in [1.807, 2.05) is 53.9 Å². The van der Waals surface area contributed by atoms with Gasteiger partial charge in [0.2, 0.25) is 0 Å². The molecule has 4 nitrogen and oxygen atoms in total. The molecule has 2 aromatic heterocycles. The summed E-state index contributed by atoms with van der Waals surface area (Å²) in [5.74, 6) is 0.814. The van der Waals surface area contributed by atoms with Crippen molar-refractivity contribution < 1.29 is 4.74 Å². The fourth-order valence-electron chi connectivity index (χ4n) is 2.47. The normalized spacial score (nSPS) is 10.5. The first-order valence-electron chi connectivity index (χ1n) is 6.72. The Morgan fingerprint density at radius 2 is 2.05 bits per heavy atom. The number of aromatic nitrogens is 2. The molecule has 3 aromatic rings. The summed E-state index contributed by atoms with van der Waals surface area (Å²) in [4.78, 5) is 4.58. The van der Waals surface area contributed by atoms with E-state index >= 15 is 0 Å². The number of rotatable bonds is 3. The second kappa shape index (κ2) is 5.29. The van der Waals surface area contributed by atoms with Crippen molar-refractivity contribution in [2.24, 2.45) is 0 Å². The van der Waals surface area contributed by atoms with Gasteiger partial charge in [0.15, 0.2) is 0 Å². The highest BCUT2D eigenvalue weighted by molar-refractivity contribution is 5.50. The molecule has 104 valence electrons. The minimum Gasteiger partial charge on any atom is -0.496 e. The van der Waals surface area contributed by atoms with Gasteiger partial charge >= 0.3 is 0 Å². The topological polar surface area (TPSA) is 50.3 Å². The second-order valence-electron chi connectivity index (χ2n) is 4.94. The van der Waals surface area contributed by atoms with Crippen molar-refractivity contribution in [2.45, 2.75) is 13.3 Å². The minimum absolute atomic E-state index is 0.577. The minimum atomic E-state index is 0.577. The highest BCUT2D eigenvalue weighted by atomic mass is 16.5. The molecule has 0 N–H and O–H groups in total. The van der Waals surface area contributed by atoms with Crippen LogP contribution in [0.25, 0.3) is 5.65 Å². The summed E-state index contributed by atoms with van der Waals surface area (Å²) in [5.41, 5.74) is 4.27. The number of nitrogens with zero attached hydrogens (tertiary/aromatic N) is 3. The molecular weight excluding hydrogens is 262 g/mol. The van der Waals surface area contributed by atoms with Gasteiger partial charge in [-0.3, -0.25) is 4.40 Å². The zero-order valence-electron chi connectivity index (χ0n) is 12.0. The van der Waals surface area contributed by atoms with Crippen LogP contribution in [-0.4, -0.2) is 16.5 Å². The Balaban J connectivity index is 2.11. The maximum Gasteiger partial charge on any atom is 0.148 e. The van der Waals surface area contributed by atoms with E-state index in [9.17, 15) is 5.26 Å². The highest BCUT2D eigenvalue weighted by Crippen LogP contribution is 2.23. The van der Waals surface area contributed by atoms with E-state index < -0.39 is 0 Å². The predicted molar refractivity (Wildman–Crippen MR) is 80.4 cm³/mol. The molecule has 1 aromatic carbocycles. The van der Waals surface area contributed by atoms with Gasteiger partial charge in [0.1, 0.15) is 23.2 Å². The Kier molecular flexibility index (Phi) is 3.33. The Hall–Kier alpha value is -2.80. The van der Waals surface area contributed by atoms with Gasteiger partial charge in [-0.05, 0) is 24.6 Å². The molecule has 0 aliphatic rings. The highest BCUT2D eigenvalue weighted by Gasteiger charge is 2.14. The van der Waals surface area contributed by atoms with Crippen LogP contribution in [-0.2, 0) is 6.42 Å². The molecule has 0 spiro atoms. The zero-order valence-corrected chi connectivity index (χ0v) is 12.0. The maximum absolute atomic E-state index is 9.46. The van der Waals surface area contributed by atoms with Crippen LogP contribution < -0.4 is 4.74 Å². The van der Waals surface area contributed by atoms with Crippen molar-refractivity contribution in [3.05, 3.63) is 65.1 Å². The maximum atomic E-state index is 9.46. The number of aryl methyl sites for hydroxylation is 1. The summed E-state index contributed by atoms with van der Waals surface area (Å²) in [7, 11) is 1.65. The Labute approximate surface area is 123 Å². The first-order chi connectivity index (χ1) is 10.2. The molecule has 0 aliphatic carbocycles. The van der Waals surface area contributed by atoms with E-state index in [2.05, 4.69) is 11.1 Å². The van der Waals surface area contributed by atoms with Crippen LogP contribution in [0.1, 0.15) is 22.5 Å². The molecule has 4 heteroatoms. The first kappa shape index (κ1) is 13.2. The van der Waals surface area contributed by atoms with Crippen molar-refractivity contribution in [2.75, 3.05) is 7.11 Å². The molecule has 0 fully saturated rings. The monoisotopic (exact) mass is 277 g/mol. The molecular formula is C17H15N3O. The quantitative estimate of drug-likeness (QED) is 0.739. The number of benzene rings is 1. The van der Waals surface area contributed by atoms with E-state index in [0.717, 1.165) is 28.2 Å². The Morgan fingerprint density at radius 1 is 1.24 bits per heavy atom. The number of para-hydroxylation sites is 1. The smallest absolute Gasteiger partial charge is 0.148 e. The molecule has 0 saturated carbocycles. The molecule has 0 bridgehead atoms. The number of nitriles is 1. The van der Waals surface area contributed by atoms with Crippen molar-refractivity contribution in [3.63, 3.8) is 0 Å². The molecule has 2 heterocycles. The third kappa shape index (κ3) is 2.34. The Bertz CT molecular complexity index is 843. The molecule has 21 heavy (non-hydrogen) atoms. The van der Waals surface area contributed by atoms with Crippen LogP contribution in [0.3, 0.4) is 0 Å². The fraction of sp³-hybridized carbons (Fsp3) is 0.176. The molecule has 0 atom stereocenters. The zero-order chi connectivity index (χ0) is 14.8. The third-order valence-electron chi connectivity index (χ3n) is 3.49. The van der Waals surface area contributed by atoms with Gasteiger partial charge in [-0.15, -0.1) is 0 Å². The third-order valence-corrected chi connectivity index (χ3v) is 3.49. The van der Waals surface area contributed by atoms with Gasteiger partial charge in [0.05, 0.1) is 12.8 Å². The number of methoxy groups -OCH3 is 1. The molecule has 0 saturated heterocycles. The lowest BCUT2D eigenvalue weighted by Crippen LogP contribution is -1.96.